The van der Waals surface area contributed by atoms with Crippen LogP contribution in [0.2, 0.25) is 0 Å². The number of rotatable bonds is 7. The average molecular weight is 286 g/mol. The van der Waals surface area contributed by atoms with E-state index < -0.39 is 10.0 Å². The summed E-state index contributed by atoms with van der Waals surface area (Å²) in [5, 5.41) is 0. The standard InChI is InChI=1S/C12H22N4O2S/c13-9-11-8-12(10-14-11)19(17,18)15-4-3-7-16-5-1-2-6-16/h8,10,14-15H,1-7,9,13H2. The van der Waals surface area contributed by atoms with Crippen LogP contribution >= 0.6 is 0 Å². The molecule has 0 unspecified atom stereocenters. The van der Waals surface area contributed by atoms with Crippen LogP contribution in [0.25, 0.3) is 0 Å². The monoisotopic (exact) mass is 286 g/mol. The van der Waals surface area contributed by atoms with Gasteiger partial charge in [-0.25, -0.2) is 13.1 Å². The highest BCUT2D eigenvalue weighted by atomic mass is 32.2. The first-order valence-electron chi connectivity index (χ1n) is 6.71. The minimum Gasteiger partial charge on any atom is -0.363 e. The van der Waals surface area contributed by atoms with Gasteiger partial charge in [0.15, 0.2) is 0 Å². The first kappa shape index (κ1) is 14.5. The lowest BCUT2D eigenvalue weighted by molar-refractivity contribution is 0.334. The van der Waals surface area contributed by atoms with Crippen molar-refractivity contribution in [2.24, 2.45) is 5.73 Å². The molecule has 0 bridgehead atoms. The Bertz CT molecular complexity index is 492. The molecule has 0 radical (unpaired) electrons. The fourth-order valence-corrected chi connectivity index (χ4v) is 3.38. The molecule has 6 nitrogen and oxygen atoms in total. The minimum atomic E-state index is -3.40. The van der Waals surface area contributed by atoms with Gasteiger partial charge < -0.3 is 15.6 Å². The maximum atomic E-state index is 12.0. The molecular formula is C12H22N4O2S. The van der Waals surface area contributed by atoms with Gasteiger partial charge in [0, 0.05) is 25.0 Å². The maximum Gasteiger partial charge on any atom is 0.242 e. The van der Waals surface area contributed by atoms with Crippen molar-refractivity contribution in [3.63, 3.8) is 0 Å². The van der Waals surface area contributed by atoms with Gasteiger partial charge in [-0.3, -0.25) is 0 Å². The number of aromatic amines is 1. The molecule has 1 fully saturated rings. The zero-order valence-corrected chi connectivity index (χ0v) is 11.9. The van der Waals surface area contributed by atoms with Crippen molar-refractivity contribution >= 4 is 10.0 Å². The van der Waals surface area contributed by atoms with Crippen LogP contribution in [-0.4, -0.2) is 44.5 Å². The van der Waals surface area contributed by atoms with Crippen LogP contribution in [0.3, 0.4) is 0 Å². The summed E-state index contributed by atoms with van der Waals surface area (Å²) in [6.45, 7) is 4.03. The highest BCUT2D eigenvalue weighted by Crippen LogP contribution is 2.10. The summed E-state index contributed by atoms with van der Waals surface area (Å²) in [6, 6.07) is 1.57. The molecule has 0 aliphatic carbocycles. The van der Waals surface area contributed by atoms with Gasteiger partial charge in [0.1, 0.15) is 0 Å². The topological polar surface area (TPSA) is 91.2 Å². The van der Waals surface area contributed by atoms with Crippen molar-refractivity contribution < 1.29 is 8.42 Å². The number of nitrogens with one attached hydrogen (secondary N) is 2. The second-order valence-electron chi connectivity index (χ2n) is 4.86. The van der Waals surface area contributed by atoms with E-state index in [-0.39, 0.29) is 4.90 Å². The predicted molar refractivity (Wildman–Crippen MR) is 74.2 cm³/mol. The number of likely N-dealkylation sites (tertiary alicyclic amines) is 1. The lowest BCUT2D eigenvalue weighted by atomic mass is 10.4. The van der Waals surface area contributed by atoms with Crippen molar-refractivity contribution in [3.05, 3.63) is 18.0 Å². The Kier molecular flexibility index (Phi) is 4.98. The normalized spacial score (nSPS) is 17.1. The highest BCUT2D eigenvalue weighted by molar-refractivity contribution is 7.89. The summed E-state index contributed by atoms with van der Waals surface area (Å²) in [6.07, 6.45) is 4.84. The molecule has 0 amide bonds. The van der Waals surface area contributed by atoms with Gasteiger partial charge in [-0.05, 0) is 45.0 Å². The largest absolute Gasteiger partial charge is 0.363 e. The zero-order chi connectivity index (χ0) is 13.7. The predicted octanol–water partition coefficient (Wildman–Crippen LogP) is 0.238. The van der Waals surface area contributed by atoms with Crippen molar-refractivity contribution in [1.29, 1.82) is 0 Å². The van der Waals surface area contributed by atoms with E-state index in [0.717, 1.165) is 31.7 Å². The number of nitrogens with two attached hydrogens (primary N) is 1. The van der Waals surface area contributed by atoms with E-state index in [1.165, 1.54) is 19.0 Å². The van der Waals surface area contributed by atoms with E-state index in [4.69, 9.17) is 5.73 Å². The number of nitrogens with zero attached hydrogens (tertiary/aromatic N) is 1. The Morgan fingerprint density at radius 2 is 2.11 bits per heavy atom. The summed E-state index contributed by atoms with van der Waals surface area (Å²) in [5.41, 5.74) is 6.17. The Balaban J connectivity index is 1.77. The third kappa shape index (κ3) is 4.04. The van der Waals surface area contributed by atoms with Crippen LogP contribution in [0.5, 0.6) is 0 Å². The molecule has 0 spiro atoms. The van der Waals surface area contributed by atoms with Crippen LogP contribution < -0.4 is 10.5 Å². The molecule has 4 N–H and O–H groups in total. The van der Waals surface area contributed by atoms with E-state index in [1.807, 2.05) is 0 Å². The van der Waals surface area contributed by atoms with Gasteiger partial charge >= 0.3 is 0 Å². The molecule has 0 atom stereocenters. The second kappa shape index (κ2) is 6.51. The van der Waals surface area contributed by atoms with E-state index >= 15 is 0 Å². The van der Waals surface area contributed by atoms with Crippen LogP contribution in [0.1, 0.15) is 25.0 Å². The van der Waals surface area contributed by atoms with Crippen molar-refractivity contribution in [1.82, 2.24) is 14.6 Å². The number of sulfonamides is 1. The Hall–Kier alpha value is -0.890. The zero-order valence-electron chi connectivity index (χ0n) is 11.1. The molecule has 0 saturated carbocycles. The van der Waals surface area contributed by atoms with E-state index in [0.29, 0.717) is 13.1 Å². The highest BCUT2D eigenvalue weighted by Gasteiger charge is 2.16. The molecule has 19 heavy (non-hydrogen) atoms. The number of H-pyrrole nitrogens is 1. The molecule has 2 heterocycles. The Morgan fingerprint density at radius 3 is 2.74 bits per heavy atom. The summed E-state index contributed by atoms with van der Waals surface area (Å²) < 4.78 is 26.6. The van der Waals surface area contributed by atoms with Crippen LogP contribution in [0.4, 0.5) is 0 Å². The fourth-order valence-electron chi connectivity index (χ4n) is 2.29. The van der Waals surface area contributed by atoms with E-state index in [9.17, 15) is 8.42 Å². The molecule has 1 aromatic rings. The molecule has 1 aliphatic heterocycles. The van der Waals surface area contributed by atoms with Gasteiger partial charge in [-0.1, -0.05) is 0 Å². The first-order chi connectivity index (χ1) is 9.12. The molecule has 108 valence electrons. The quantitative estimate of drug-likeness (QED) is 0.626. The third-order valence-electron chi connectivity index (χ3n) is 3.39. The molecular weight excluding hydrogens is 264 g/mol. The van der Waals surface area contributed by atoms with E-state index in [1.54, 1.807) is 6.07 Å². The molecule has 7 heteroatoms. The van der Waals surface area contributed by atoms with Gasteiger partial charge in [0.2, 0.25) is 10.0 Å². The lowest BCUT2D eigenvalue weighted by Gasteiger charge is -2.14. The fraction of sp³-hybridized carbons (Fsp3) is 0.667. The summed E-state index contributed by atoms with van der Waals surface area (Å²) in [5.74, 6) is 0. The minimum absolute atomic E-state index is 0.258. The SMILES string of the molecule is NCc1cc(S(=O)(=O)NCCCN2CCCC2)c[nH]1. The molecule has 1 saturated heterocycles. The van der Waals surface area contributed by atoms with Crippen LogP contribution in [-0.2, 0) is 16.6 Å². The van der Waals surface area contributed by atoms with Gasteiger partial charge in [-0.2, -0.15) is 0 Å². The summed E-state index contributed by atoms with van der Waals surface area (Å²) in [4.78, 5) is 5.47. The number of hydrogen-bond acceptors (Lipinski definition) is 4. The number of hydrogen-bond donors (Lipinski definition) is 3. The third-order valence-corrected chi connectivity index (χ3v) is 4.83. The summed E-state index contributed by atoms with van der Waals surface area (Å²) >= 11 is 0. The van der Waals surface area contributed by atoms with Gasteiger partial charge in [0.05, 0.1) is 4.90 Å². The van der Waals surface area contributed by atoms with E-state index in [2.05, 4.69) is 14.6 Å². The van der Waals surface area contributed by atoms with Crippen LogP contribution in [0.15, 0.2) is 17.2 Å². The molecule has 0 aromatic carbocycles. The Labute approximate surface area is 114 Å². The lowest BCUT2D eigenvalue weighted by Crippen LogP contribution is -2.28. The molecule has 2 rings (SSSR count). The van der Waals surface area contributed by atoms with Crippen molar-refractivity contribution in [2.75, 3.05) is 26.2 Å². The molecule has 1 aliphatic rings. The second-order valence-corrected chi connectivity index (χ2v) is 6.63. The average Bonchev–Trinajstić information content (AvgIpc) is 3.05. The van der Waals surface area contributed by atoms with Crippen molar-refractivity contribution in [3.8, 4) is 0 Å². The number of aromatic nitrogens is 1. The summed E-state index contributed by atoms with van der Waals surface area (Å²) in [7, 11) is -3.40. The Morgan fingerprint density at radius 1 is 1.37 bits per heavy atom. The van der Waals surface area contributed by atoms with Crippen molar-refractivity contribution in [2.45, 2.75) is 30.7 Å². The van der Waals surface area contributed by atoms with Crippen LogP contribution in [0, 0.1) is 0 Å². The molecule has 1 aromatic heterocycles. The van der Waals surface area contributed by atoms with Gasteiger partial charge in [0.25, 0.3) is 0 Å². The first-order valence-corrected chi connectivity index (χ1v) is 8.19. The van der Waals surface area contributed by atoms with Gasteiger partial charge in [-0.15, -0.1) is 0 Å². The maximum absolute atomic E-state index is 12.0. The smallest absolute Gasteiger partial charge is 0.242 e.